The molecule has 21 heavy (non-hydrogen) atoms. The first-order valence-electron chi connectivity index (χ1n) is 6.43. The summed E-state index contributed by atoms with van der Waals surface area (Å²) < 4.78 is 33.6. The van der Waals surface area contributed by atoms with Crippen molar-refractivity contribution in [3.63, 3.8) is 0 Å². The number of ether oxygens (including phenoxy) is 1. The van der Waals surface area contributed by atoms with Crippen molar-refractivity contribution in [3.05, 3.63) is 46.0 Å². The third-order valence-electron chi connectivity index (χ3n) is 3.17. The van der Waals surface area contributed by atoms with Gasteiger partial charge in [0.15, 0.2) is 5.82 Å². The van der Waals surface area contributed by atoms with E-state index in [1.54, 1.807) is 0 Å². The quantitative estimate of drug-likeness (QED) is 0.700. The van der Waals surface area contributed by atoms with Crippen LogP contribution in [0.15, 0.2) is 23.3 Å². The van der Waals surface area contributed by atoms with Gasteiger partial charge in [-0.15, -0.1) is 0 Å². The van der Waals surface area contributed by atoms with Crippen molar-refractivity contribution in [1.29, 1.82) is 0 Å². The van der Waals surface area contributed by atoms with E-state index in [1.807, 2.05) is 0 Å². The van der Waals surface area contributed by atoms with Crippen molar-refractivity contribution in [2.45, 2.75) is 18.9 Å². The average Bonchev–Trinajstić information content (AvgIpc) is 3.08. The molecule has 0 unspecified atom stereocenters. The summed E-state index contributed by atoms with van der Waals surface area (Å²) in [4.78, 5) is 0. The lowest BCUT2D eigenvalue weighted by Gasteiger charge is -2.07. The summed E-state index contributed by atoms with van der Waals surface area (Å²) >= 11 is 5.10. The number of nitrogens with one attached hydrogen (secondary N) is 1. The minimum Gasteiger partial charge on any atom is -0.370 e. The summed E-state index contributed by atoms with van der Waals surface area (Å²) in [6.45, 7) is 0.667. The molecule has 0 spiro atoms. The lowest BCUT2D eigenvalue weighted by molar-refractivity contribution is 0.102. The number of aromatic amines is 1. The molecular weight excluding hydrogens is 298 g/mol. The standard InChI is InChI=1S/C13H12F2N4OS/c14-9-4-3-8(10(15)6-9)7-16-19-12(17-18-13(19)21)11-2-1-5-20-11/h3-4,6-7,11H,1-2,5H2,(H,18,21)/b16-7-/t11-/m0/s1. The third kappa shape index (κ3) is 2.91. The minimum absolute atomic E-state index is 0.165. The Morgan fingerprint density at radius 3 is 3.05 bits per heavy atom. The monoisotopic (exact) mass is 310 g/mol. The fraction of sp³-hybridized carbons (Fsp3) is 0.308. The van der Waals surface area contributed by atoms with Gasteiger partial charge in [0.05, 0.1) is 6.21 Å². The highest BCUT2D eigenvalue weighted by Gasteiger charge is 2.23. The summed E-state index contributed by atoms with van der Waals surface area (Å²) in [6.07, 6.45) is 2.88. The number of hydrogen-bond acceptors (Lipinski definition) is 4. The number of nitrogens with zero attached hydrogens (tertiary/aromatic N) is 3. The van der Waals surface area contributed by atoms with Crippen LogP contribution in [0.2, 0.25) is 0 Å². The molecule has 1 aromatic carbocycles. The highest BCUT2D eigenvalue weighted by molar-refractivity contribution is 7.71. The molecule has 1 aliphatic heterocycles. The summed E-state index contributed by atoms with van der Waals surface area (Å²) in [5, 5.41) is 10.9. The van der Waals surface area contributed by atoms with Crippen LogP contribution in [0.5, 0.6) is 0 Å². The Morgan fingerprint density at radius 2 is 2.33 bits per heavy atom. The second-order valence-corrected chi connectivity index (χ2v) is 5.00. The summed E-state index contributed by atoms with van der Waals surface area (Å²) in [5.41, 5.74) is 0.165. The molecule has 2 heterocycles. The van der Waals surface area contributed by atoms with Crippen LogP contribution in [0.1, 0.15) is 30.3 Å². The maximum Gasteiger partial charge on any atom is 0.216 e. The van der Waals surface area contributed by atoms with Gasteiger partial charge in [0.2, 0.25) is 4.77 Å². The second-order valence-electron chi connectivity index (χ2n) is 4.61. The van der Waals surface area contributed by atoms with E-state index in [2.05, 4.69) is 15.3 Å². The molecule has 1 atom stereocenters. The van der Waals surface area contributed by atoms with Crippen molar-refractivity contribution in [2.75, 3.05) is 6.61 Å². The van der Waals surface area contributed by atoms with Crippen LogP contribution < -0.4 is 0 Å². The molecule has 3 rings (SSSR count). The maximum absolute atomic E-state index is 13.6. The topological polar surface area (TPSA) is 55.2 Å². The van der Waals surface area contributed by atoms with E-state index in [0.717, 1.165) is 18.9 Å². The van der Waals surface area contributed by atoms with Crippen molar-refractivity contribution < 1.29 is 13.5 Å². The number of benzene rings is 1. The van der Waals surface area contributed by atoms with Crippen LogP contribution in [-0.2, 0) is 4.74 Å². The zero-order valence-corrected chi connectivity index (χ0v) is 11.7. The van der Waals surface area contributed by atoms with E-state index in [4.69, 9.17) is 17.0 Å². The molecule has 8 heteroatoms. The van der Waals surface area contributed by atoms with E-state index in [-0.39, 0.29) is 11.7 Å². The normalized spacial score (nSPS) is 18.7. The Bertz CT molecular complexity index is 734. The lowest BCUT2D eigenvalue weighted by Crippen LogP contribution is -2.05. The molecular formula is C13H12F2N4OS. The van der Waals surface area contributed by atoms with Gasteiger partial charge in [0.1, 0.15) is 17.7 Å². The molecule has 110 valence electrons. The SMILES string of the molecule is Fc1ccc(/C=N\n2c([C@@H]3CCCO3)n[nH]c2=S)c(F)c1. The minimum atomic E-state index is -0.688. The number of H-pyrrole nitrogens is 1. The van der Waals surface area contributed by atoms with Gasteiger partial charge in [-0.1, -0.05) is 0 Å². The van der Waals surface area contributed by atoms with Gasteiger partial charge in [-0.25, -0.2) is 8.78 Å². The first-order chi connectivity index (χ1) is 10.1. The van der Waals surface area contributed by atoms with Gasteiger partial charge in [-0.05, 0) is 37.2 Å². The second kappa shape index (κ2) is 5.82. The van der Waals surface area contributed by atoms with Gasteiger partial charge in [0, 0.05) is 18.2 Å². The van der Waals surface area contributed by atoms with Crippen LogP contribution in [0.3, 0.4) is 0 Å². The van der Waals surface area contributed by atoms with Crippen LogP contribution in [0, 0.1) is 16.4 Å². The van der Waals surface area contributed by atoms with E-state index in [1.165, 1.54) is 23.0 Å². The molecule has 0 bridgehead atoms. The Hall–Kier alpha value is -1.93. The highest BCUT2D eigenvalue weighted by atomic mass is 32.1. The summed E-state index contributed by atoms with van der Waals surface area (Å²) in [7, 11) is 0. The Kier molecular flexibility index (Phi) is 3.89. The molecule has 2 aromatic rings. The van der Waals surface area contributed by atoms with Gasteiger partial charge >= 0.3 is 0 Å². The number of rotatable bonds is 3. The number of aromatic nitrogens is 3. The summed E-state index contributed by atoms with van der Waals surface area (Å²) in [6, 6.07) is 3.28. The third-order valence-corrected chi connectivity index (χ3v) is 3.43. The van der Waals surface area contributed by atoms with Crippen LogP contribution in [-0.4, -0.2) is 27.7 Å². The average molecular weight is 310 g/mol. The molecule has 1 saturated heterocycles. The molecule has 0 amide bonds. The molecule has 1 fully saturated rings. The predicted octanol–water partition coefficient (Wildman–Crippen LogP) is 2.95. The van der Waals surface area contributed by atoms with Crippen molar-refractivity contribution >= 4 is 18.4 Å². The van der Waals surface area contributed by atoms with Crippen LogP contribution in [0.4, 0.5) is 8.78 Å². The highest BCUT2D eigenvalue weighted by Crippen LogP contribution is 2.26. The molecule has 1 aromatic heterocycles. The van der Waals surface area contributed by atoms with Gasteiger partial charge in [0.25, 0.3) is 0 Å². The van der Waals surface area contributed by atoms with Crippen molar-refractivity contribution in [3.8, 4) is 0 Å². The largest absolute Gasteiger partial charge is 0.370 e. The van der Waals surface area contributed by atoms with Crippen molar-refractivity contribution in [2.24, 2.45) is 5.10 Å². The first-order valence-corrected chi connectivity index (χ1v) is 6.84. The summed E-state index contributed by atoms with van der Waals surface area (Å²) in [5.74, 6) is -0.770. The molecule has 1 aliphatic rings. The fourth-order valence-electron chi connectivity index (χ4n) is 2.13. The molecule has 1 N–H and O–H groups in total. The van der Waals surface area contributed by atoms with E-state index < -0.39 is 11.6 Å². The zero-order chi connectivity index (χ0) is 14.8. The Balaban J connectivity index is 1.92. The predicted molar refractivity (Wildman–Crippen MR) is 74.7 cm³/mol. The number of halogens is 2. The smallest absolute Gasteiger partial charge is 0.216 e. The molecule has 0 aliphatic carbocycles. The fourth-order valence-corrected chi connectivity index (χ4v) is 2.32. The molecule has 5 nitrogen and oxygen atoms in total. The zero-order valence-electron chi connectivity index (χ0n) is 10.9. The van der Waals surface area contributed by atoms with E-state index in [0.29, 0.717) is 17.2 Å². The van der Waals surface area contributed by atoms with Crippen LogP contribution in [0.25, 0.3) is 0 Å². The first kappa shape index (κ1) is 14.0. The van der Waals surface area contributed by atoms with E-state index in [9.17, 15) is 8.78 Å². The van der Waals surface area contributed by atoms with Gasteiger partial charge < -0.3 is 4.74 Å². The van der Waals surface area contributed by atoms with Crippen LogP contribution >= 0.6 is 12.2 Å². The molecule has 0 saturated carbocycles. The van der Waals surface area contributed by atoms with Gasteiger partial charge in [-0.2, -0.15) is 14.9 Å². The Labute approximate surface area is 124 Å². The lowest BCUT2D eigenvalue weighted by atomic mass is 10.2. The van der Waals surface area contributed by atoms with Gasteiger partial charge in [-0.3, -0.25) is 5.10 Å². The maximum atomic E-state index is 13.6. The Morgan fingerprint density at radius 1 is 1.48 bits per heavy atom. The van der Waals surface area contributed by atoms with E-state index >= 15 is 0 Å². The van der Waals surface area contributed by atoms with Crippen molar-refractivity contribution in [1.82, 2.24) is 14.9 Å². The number of hydrogen-bond donors (Lipinski definition) is 1. The molecule has 0 radical (unpaired) electrons.